The molecule has 0 saturated carbocycles. The molecule has 29 heavy (non-hydrogen) atoms. The highest BCUT2D eigenvalue weighted by atomic mass is 19.4. The van der Waals surface area contributed by atoms with Crippen molar-refractivity contribution in [1.29, 1.82) is 0 Å². The zero-order chi connectivity index (χ0) is 21.2. The van der Waals surface area contributed by atoms with E-state index < -0.39 is 29.9 Å². The summed E-state index contributed by atoms with van der Waals surface area (Å²) in [5.41, 5.74) is -0.150. The SMILES string of the molecule is Cc1ccc(C(=O)ON2C(=O)OC(C)CC=C2c2cc(C(F)(F)F)ccn2)cc1. The van der Waals surface area contributed by atoms with Crippen LogP contribution in [0.4, 0.5) is 18.0 Å². The third-order valence-corrected chi connectivity index (χ3v) is 4.14. The maximum atomic E-state index is 13.1. The van der Waals surface area contributed by atoms with Crippen LogP contribution in [-0.2, 0) is 15.8 Å². The predicted octanol–water partition coefficient (Wildman–Crippen LogP) is 4.75. The van der Waals surface area contributed by atoms with Crippen LogP contribution < -0.4 is 0 Å². The van der Waals surface area contributed by atoms with Crippen LogP contribution in [0.2, 0.25) is 0 Å². The lowest BCUT2D eigenvalue weighted by atomic mass is 10.1. The fraction of sp³-hybridized carbons (Fsp3) is 0.250. The molecule has 0 radical (unpaired) electrons. The summed E-state index contributed by atoms with van der Waals surface area (Å²) in [6.07, 6.45) is -3.57. The molecule has 0 fully saturated rings. The van der Waals surface area contributed by atoms with E-state index in [0.29, 0.717) is 5.06 Å². The van der Waals surface area contributed by atoms with Gasteiger partial charge in [0.15, 0.2) is 0 Å². The fourth-order valence-electron chi connectivity index (χ4n) is 2.59. The van der Waals surface area contributed by atoms with Gasteiger partial charge in [-0.1, -0.05) is 23.8 Å². The Morgan fingerprint density at radius 3 is 2.59 bits per heavy atom. The van der Waals surface area contributed by atoms with Gasteiger partial charge in [0.1, 0.15) is 11.8 Å². The minimum Gasteiger partial charge on any atom is -0.444 e. The van der Waals surface area contributed by atoms with E-state index in [1.807, 2.05) is 6.92 Å². The molecule has 9 heteroatoms. The minimum atomic E-state index is -4.60. The summed E-state index contributed by atoms with van der Waals surface area (Å²) in [6.45, 7) is 3.44. The van der Waals surface area contributed by atoms with E-state index in [4.69, 9.17) is 9.57 Å². The molecule has 2 heterocycles. The van der Waals surface area contributed by atoms with E-state index in [1.165, 1.54) is 18.2 Å². The van der Waals surface area contributed by atoms with Crippen LogP contribution in [0.5, 0.6) is 0 Å². The van der Waals surface area contributed by atoms with Crippen molar-refractivity contribution in [3.63, 3.8) is 0 Å². The smallest absolute Gasteiger partial charge is 0.444 e. The molecule has 0 aliphatic carbocycles. The summed E-state index contributed by atoms with van der Waals surface area (Å²) < 4.78 is 44.4. The number of hydroxylamine groups is 2. The zero-order valence-electron chi connectivity index (χ0n) is 15.6. The maximum absolute atomic E-state index is 13.1. The van der Waals surface area contributed by atoms with Crippen LogP contribution in [0.25, 0.3) is 5.70 Å². The highest BCUT2D eigenvalue weighted by molar-refractivity contribution is 5.91. The summed E-state index contributed by atoms with van der Waals surface area (Å²) in [5, 5.41) is 0.536. The summed E-state index contributed by atoms with van der Waals surface area (Å²) in [4.78, 5) is 34.0. The second-order valence-corrected chi connectivity index (χ2v) is 6.49. The molecular weight excluding hydrogens is 389 g/mol. The third kappa shape index (κ3) is 4.74. The molecule has 3 rings (SSSR count). The Balaban J connectivity index is 1.97. The number of halogens is 3. The van der Waals surface area contributed by atoms with Gasteiger partial charge in [0.2, 0.25) is 0 Å². The lowest BCUT2D eigenvalue weighted by Crippen LogP contribution is -2.33. The van der Waals surface area contributed by atoms with Gasteiger partial charge in [0.25, 0.3) is 0 Å². The molecule has 1 atom stereocenters. The van der Waals surface area contributed by atoms with Gasteiger partial charge in [-0.25, -0.2) is 9.59 Å². The normalized spacial score (nSPS) is 17.3. The number of carbonyl (C=O) groups excluding carboxylic acids is 2. The first-order valence-corrected chi connectivity index (χ1v) is 8.68. The number of pyridine rings is 1. The lowest BCUT2D eigenvalue weighted by molar-refractivity contribution is -0.137. The van der Waals surface area contributed by atoms with Gasteiger partial charge in [-0.2, -0.15) is 13.2 Å². The van der Waals surface area contributed by atoms with Gasteiger partial charge in [-0.05, 0) is 38.1 Å². The Kier molecular flexibility index (Phi) is 5.58. The van der Waals surface area contributed by atoms with Crippen molar-refractivity contribution in [2.24, 2.45) is 0 Å². The molecule has 2 aromatic rings. The number of aromatic nitrogens is 1. The van der Waals surface area contributed by atoms with E-state index in [-0.39, 0.29) is 23.4 Å². The number of benzene rings is 1. The fourth-order valence-corrected chi connectivity index (χ4v) is 2.59. The first kappa shape index (κ1) is 20.4. The highest BCUT2D eigenvalue weighted by Gasteiger charge is 2.34. The summed E-state index contributed by atoms with van der Waals surface area (Å²) >= 11 is 0. The van der Waals surface area contributed by atoms with E-state index in [9.17, 15) is 22.8 Å². The number of hydrogen-bond acceptors (Lipinski definition) is 5. The number of cyclic esters (lactones) is 1. The first-order chi connectivity index (χ1) is 13.6. The topological polar surface area (TPSA) is 68.7 Å². The van der Waals surface area contributed by atoms with Gasteiger partial charge in [0, 0.05) is 12.6 Å². The Morgan fingerprint density at radius 1 is 1.24 bits per heavy atom. The number of alkyl halides is 3. The standard InChI is InChI=1S/C20H17F3N2O4/c1-12-3-6-14(7-4-12)18(26)29-25-17(8-5-13(2)28-19(25)27)16-11-15(9-10-24-16)20(21,22)23/h3-4,6-11,13H,5H2,1-2H3. The molecule has 1 aromatic heterocycles. The van der Waals surface area contributed by atoms with Crippen LogP contribution in [0, 0.1) is 6.92 Å². The summed E-state index contributed by atoms with van der Waals surface area (Å²) in [6, 6.07) is 7.98. The third-order valence-electron chi connectivity index (χ3n) is 4.14. The highest BCUT2D eigenvalue weighted by Crippen LogP contribution is 2.32. The molecule has 1 aliphatic heterocycles. The number of amides is 1. The lowest BCUT2D eigenvalue weighted by Gasteiger charge is -2.22. The Hall–Kier alpha value is -3.36. The Labute approximate surface area is 164 Å². The van der Waals surface area contributed by atoms with E-state index in [1.54, 1.807) is 19.1 Å². The molecule has 0 spiro atoms. The van der Waals surface area contributed by atoms with Crippen molar-refractivity contribution in [1.82, 2.24) is 10.0 Å². The molecule has 6 nitrogen and oxygen atoms in total. The van der Waals surface area contributed by atoms with Crippen molar-refractivity contribution in [2.45, 2.75) is 32.5 Å². The average Bonchev–Trinajstić information content (AvgIpc) is 2.80. The average molecular weight is 406 g/mol. The monoisotopic (exact) mass is 406 g/mol. The molecular formula is C20H17F3N2O4. The number of rotatable bonds is 3. The number of hydrogen-bond donors (Lipinski definition) is 0. The van der Waals surface area contributed by atoms with Crippen molar-refractivity contribution >= 4 is 17.8 Å². The Bertz CT molecular complexity index is 955. The van der Waals surface area contributed by atoms with E-state index in [2.05, 4.69) is 4.98 Å². The number of aryl methyl sites for hydroxylation is 1. The second-order valence-electron chi connectivity index (χ2n) is 6.49. The van der Waals surface area contributed by atoms with Crippen molar-refractivity contribution in [3.05, 3.63) is 71.1 Å². The molecule has 0 bridgehead atoms. The van der Waals surface area contributed by atoms with Crippen LogP contribution in [-0.4, -0.2) is 28.2 Å². The summed E-state index contributed by atoms with van der Waals surface area (Å²) in [7, 11) is 0. The molecule has 0 N–H and O–H groups in total. The number of nitrogens with zero attached hydrogens (tertiary/aromatic N) is 2. The van der Waals surface area contributed by atoms with Gasteiger partial charge >= 0.3 is 18.2 Å². The molecule has 1 unspecified atom stereocenters. The van der Waals surface area contributed by atoms with E-state index >= 15 is 0 Å². The van der Waals surface area contributed by atoms with Crippen LogP contribution in [0.3, 0.4) is 0 Å². The number of ether oxygens (including phenoxy) is 1. The van der Waals surface area contributed by atoms with Crippen molar-refractivity contribution < 1.29 is 32.3 Å². The molecule has 0 saturated heterocycles. The zero-order valence-corrected chi connectivity index (χ0v) is 15.6. The van der Waals surface area contributed by atoms with Gasteiger partial charge in [-0.15, -0.1) is 5.06 Å². The van der Waals surface area contributed by atoms with Crippen molar-refractivity contribution in [2.75, 3.05) is 0 Å². The minimum absolute atomic E-state index is 0.106. The maximum Gasteiger partial charge on any atom is 0.448 e. The van der Waals surface area contributed by atoms with Crippen LogP contribution in [0.1, 0.15) is 40.5 Å². The van der Waals surface area contributed by atoms with Crippen LogP contribution >= 0.6 is 0 Å². The van der Waals surface area contributed by atoms with Gasteiger partial charge in [-0.3, -0.25) is 4.98 Å². The van der Waals surface area contributed by atoms with Gasteiger partial charge < -0.3 is 9.57 Å². The first-order valence-electron chi connectivity index (χ1n) is 8.68. The quantitative estimate of drug-likeness (QED) is 0.736. The molecule has 1 aliphatic rings. The van der Waals surface area contributed by atoms with Gasteiger partial charge in [0.05, 0.1) is 16.8 Å². The Morgan fingerprint density at radius 2 is 1.93 bits per heavy atom. The predicted molar refractivity (Wildman–Crippen MR) is 96.2 cm³/mol. The van der Waals surface area contributed by atoms with E-state index in [0.717, 1.165) is 23.9 Å². The second kappa shape index (κ2) is 7.94. The van der Waals surface area contributed by atoms with Crippen LogP contribution in [0.15, 0.2) is 48.7 Å². The number of carbonyl (C=O) groups is 2. The summed E-state index contributed by atoms with van der Waals surface area (Å²) in [5.74, 6) is -0.866. The van der Waals surface area contributed by atoms with Crippen molar-refractivity contribution in [3.8, 4) is 0 Å². The molecule has 1 amide bonds. The molecule has 152 valence electrons. The molecule has 1 aromatic carbocycles. The largest absolute Gasteiger partial charge is 0.448 e.